The van der Waals surface area contributed by atoms with Crippen LogP contribution in [0, 0.1) is 23.7 Å². The van der Waals surface area contributed by atoms with E-state index in [-0.39, 0.29) is 23.8 Å². The van der Waals surface area contributed by atoms with Gasteiger partial charge in [0.15, 0.2) is 0 Å². The highest BCUT2D eigenvalue weighted by atomic mass is 16.6. The molecule has 0 radical (unpaired) electrons. The Morgan fingerprint density at radius 2 is 1.67 bits per heavy atom. The number of ether oxygens (including phenoxy) is 1. The van der Waals surface area contributed by atoms with E-state index in [1.54, 1.807) is 0 Å². The van der Waals surface area contributed by atoms with Crippen molar-refractivity contribution in [3.05, 3.63) is 35.9 Å². The summed E-state index contributed by atoms with van der Waals surface area (Å²) in [6, 6.07) is 10.3. The van der Waals surface area contributed by atoms with Crippen molar-refractivity contribution in [3.63, 3.8) is 0 Å². The Hall–Kier alpha value is -1.64. The third-order valence-corrected chi connectivity index (χ3v) is 4.98. The number of carbonyl (C=O) groups is 2. The summed E-state index contributed by atoms with van der Waals surface area (Å²) in [5, 5.41) is 0. The predicted octanol–water partition coefficient (Wildman–Crippen LogP) is 2.13. The second-order valence-electron chi connectivity index (χ2n) is 5.70. The van der Waals surface area contributed by atoms with Crippen LogP contribution in [0.2, 0.25) is 0 Å². The molecule has 18 heavy (non-hydrogen) atoms. The molecule has 1 aromatic carbocycles. The van der Waals surface area contributed by atoms with Crippen LogP contribution in [0.4, 0.5) is 0 Å². The van der Waals surface area contributed by atoms with Gasteiger partial charge in [0.05, 0.1) is 11.8 Å². The van der Waals surface area contributed by atoms with Gasteiger partial charge in [-0.1, -0.05) is 30.3 Å². The van der Waals surface area contributed by atoms with Crippen LogP contribution in [-0.2, 0) is 14.3 Å². The van der Waals surface area contributed by atoms with E-state index in [1.165, 1.54) is 5.56 Å². The lowest BCUT2D eigenvalue weighted by Gasteiger charge is -2.27. The third-order valence-electron chi connectivity index (χ3n) is 4.98. The minimum absolute atomic E-state index is 0.137. The van der Waals surface area contributed by atoms with E-state index in [0.29, 0.717) is 17.8 Å². The van der Waals surface area contributed by atoms with E-state index in [2.05, 4.69) is 12.1 Å². The van der Waals surface area contributed by atoms with Crippen LogP contribution in [0.25, 0.3) is 0 Å². The molecule has 5 atom stereocenters. The molecular weight excluding hydrogens is 228 g/mol. The molecule has 0 spiro atoms. The summed E-state index contributed by atoms with van der Waals surface area (Å²) in [6.07, 6.45) is 2.04. The molecule has 2 aliphatic carbocycles. The monoisotopic (exact) mass is 242 g/mol. The summed E-state index contributed by atoms with van der Waals surface area (Å²) in [5.41, 5.74) is 1.30. The van der Waals surface area contributed by atoms with Gasteiger partial charge < -0.3 is 4.74 Å². The summed E-state index contributed by atoms with van der Waals surface area (Å²) in [6.45, 7) is 0. The second kappa shape index (κ2) is 3.44. The fourth-order valence-corrected chi connectivity index (χ4v) is 4.34. The molecule has 3 nitrogen and oxygen atoms in total. The number of carbonyl (C=O) groups excluding carboxylic acids is 2. The molecule has 4 rings (SSSR count). The van der Waals surface area contributed by atoms with Gasteiger partial charge in [-0.15, -0.1) is 0 Å². The molecule has 1 aliphatic heterocycles. The van der Waals surface area contributed by atoms with Gasteiger partial charge in [0.1, 0.15) is 0 Å². The quantitative estimate of drug-likeness (QED) is 0.559. The van der Waals surface area contributed by atoms with Crippen LogP contribution in [0.1, 0.15) is 24.3 Å². The van der Waals surface area contributed by atoms with E-state index in [9.17, 15) is 9.59 Å². The number of esters is 2. The molecule has 0 amide bonds. The fraction of sp³-hybridized carbons (Fsp3) is 0.467. The maximum atomic E-state index is 11.8. The lowest BCUT2D eigenvalue weighted by atomic mass is 9.73. The Kier molecular flexibility index (Phi) is 1.97. The molecule has 3 heteroatoms. The second-order valence-corrected chi connectivity index (χ2v) is 5.70. The van der Waals surface area contributed by atoms with Gasteiger partial charge in [-0.2, -0.15) is 0 Å². The molecule has 3 aliphatic rings. The normalized spacial score (nSPS) is 41.0. The van der Waals surface area contributed by atoms with Gasteiger partial charge in [0.25, 0.3) is 0 Å². The molecule has 3 fully saturated rings. The Labute approximate surface area is 105 Å². The summed E-state index contributed by atoms with van der Waals surface area (Å²) >= 11 is 0. The van der Waals surface area contributed by atoms with Crippen molar-refractivity contribution in [3.8, 4) is 0 Å². The van der Waals surface area contributed by atoms with E-state index < -0.39 is 0 Å². The van der Waals surface area contributed by atoms with Crippen molar-refractivity contribution in [2.45, 2.75) is 18.8 Å². The van der Waals surface area contributed by atoms with E-state index in [0.717, 1.165) is 12.8 Å². The average Bonchev–Trinajstić information content (AvgIpc) is 3.03. The molecule has 0 N–H and O–H groups in total. The topological polar surface area (TPSA) is 43.4 Å². The van der Waals surface area contributed by atoms with E-state index >= 15 is 0 Å². The molecule has 1 heterocycles. The van der Waals surface area contributed by atoms with Gasteiger partial charge in [-0.3, -0.25) is 9.59 Å². The summed E-state index contributed by atoms with van der Waals surface area (Å²) < 4.78 is 4.82. The molecular formula is C15H14O3. The van der Waals surface area contributed by atoms with Crippen LogP contribution in [0.3, 0.4) is 0 Å². The van der Waals surface area contributed by atoms with Crippen molar-refractivity contribution >= 4 is 11.9 Å². The number of cyclic esters (lactones) is 2. The maximum absolute atomic E-state index is 11.8. The molecule has 1 saturated heterocycles. The summed E-state index contributed by atoms with van der Waals surface area (Å²) in [5.74, 6) is 0.229. The lowest BCUT2D eigenvalue weighted by Crippen LogP contribution is -2.29. The van der Waals surface area contributed by atoms with Gasteiger partial charge in [0.2, 0.25) is 0 Å². The number of hydrogen-bond acceptors (Lipinski definition) is 3. The fourth-order valence-electron chi connectivity index (χ4n) is 4.34. The molecule has 92 valence electrons. The van der Waals surface area contributed by atoms with Crippen LogP contribution in [0.15, 0.2) is 30.3 Å². The zero-order valence-corrected chi connectivity index (χ0v) is 9.91. The maximum Gasteiger partial charge on any atom is 0.317 e. The van der Waals surface area contributed by atoms with Crippen molar-refractivity contribution in [2.75, 3.05) is 0 Å². The zero-order valence-electron chi connectivity index (χ0n) is 9.91. The molecule has 0 aromatic heterocycles. The first kappa shape index (κ1) is 10.3. The lowest BCUT2D eigenvalue weighted by molar-refractivity contribution is -0.154. The van der Waals surface area contributed by atoms with Gasteiger partial charge >= 0.3 is 11.9 Å². The smallest absolute Gasteiger partial charge is 0.317 e. The van der Waals surface area contributed by atoms with Crippen molar-refractivity contribution in [1.82, 2.24) is 0 Å². The van der Waals surface area contributed by atoms with Gasteiger partial charge in [-0.25, -0.2) is 0 Å². The Bertz CT molecular complexity index is 522. The van der Waals surface area contributed by atoms with Crippen LogP contribution < -0.4 is 0 Å². The van der Waals surface area contributed by atoms with Crippen molar-refractivity contribution in [1.29, 1.82) is 0 Å². The Morgan fingerprint density at radius 1 is 0.944 bits per heavy atom. The van der Waals surface area contributed by atoms with Crippen molar-refractivity contribution in [2.24, 2.45) is 23.7 Å². The number of hydrogen-bond donors (Lipinski definition) is 0. The standard InChI is InChI=1S/C15H14O3/c16-14-12-9-6-10(8-4-2-1-3-5-8)11(7-9)13(12)15(17)18-14/h1-5,9-13H,6-7H2. The first-order valence-corrected chi connectivity index (χ1v) is 6.56. The highest BCUT2D eigenvalue weighted by Gasteiger charge is 2.62. The Morgan fingerprint density at radius 3 is 2.44 bits per heavy atom. The van der Waals surface area contributed by atoms with E-state index in [4.69, 9.17) is 4.74 Å². The average molecular weight is 242 g/mol. The van der Waals surface area contributed by atoms with E-state index in [1.807, 2.05) is 18.2 Å². The SMILES string of the molecule is O=C1OC(=O)C2C3CC(CC3c3ccccc3)C12. The van der Waals surface area contributed by atoms with Crippen LogP contribution in [-0.4, -0.2) is 11.9 Å². The minimum atomic E-state index is -0.280. The third kappa shape index (κ3) is 1.19. The molecule has 2 saturated carbocycles. The summed E-state index contributed by atoms with van der Waals surface area (Å²) in [7, 11) is 0. The first-order valence-electron chi connectivity index (χ1n) is 6.56. The molecule has 2 bridgehead atoms. The highest BCUT2D eigenvalue weighted by Crippen LogP contribution is 2.61. The number of rotatable bonds is 1. The van der Waals surface area contributed by atoms with Gasteiger partial charge in [0, 0.05) is 0 Å². The summed E-state index contributed by atoms with van der Waals surface area (Å²) in [4.78, 5) is 23.4. The number of fused-ring (bicyclic) bond motifs is 5. The molecule has 1 aromatic rings. The highest BCUT2D eigenvalue weighted by molar-refractivity contribution is 5.97. The Balaban J connectivity index is 1.70. The van der Waals surface area contributed by atoms with Crippen molar-refractivity contribution < 1.29 is 14.3 Å². The first-order chi connectivity index (χ1) is 8.75. The zero-order chi connectivity index (χ0) is 12.3. The van der Waals surface area contributed by atoms with Crippen LogP contribution in [0.5, 0.6) is 0 Å². The predicted molar refractivity (Wildman–Crippen MR) is 63.5 cm³/mol. The number of benzene rings is 1. The van der Waals surface area contributed by atoms with Crippen LogP contribution >= 0.6 is 0 Å². The largest absolute Gasteiger partial charge is 0.393 e. The molecule has 5 unspecified atom stereocenters. The minimum Gasteiger partial charge on any atom is -0.393 e. The van der Waals surface area contributed by atoms with Gasteiger partial charge in [-0.05, 0) is 36.2 Å².